The van der Waals surface area contributed by atoms with Gasteiger partial charge >= 0.3 is 5.97 Å². The van der Waals surface area contributed by atoms with E-state index in [0.29, 0.717) is 12.0 Å². The molecule has 1 fully saturated rings. The van der Waals surface area contributed by atoms with Gasteiger partial charge in [-0.05, 0) is 25.0 Å². The molecule has 0 saturated carbocycles. The van der Waals surface area contributed by atoms with E-state index in [0.717, 1.165) is 11.1 Å². The van der Waals surface area contributed by atoms with Crippen LogP contribution in [0.15, 0.2) is 48.5 Å². The average Bonchev–Trinajstić information content (AvgIpc) is 2.55. The molecule has 2 aromatic rings. The molecule has 1 heterocycles. The molecule has 5 nitrogen and oxygen atoms in total. The van der Waals surface area contributed by atoms with Crippen LogP contribution in [0, 0.1) is 17.0 Å². The number of carbonyl (C=O) groups excluding carboxylic acids is 1. The third-order valence-corrected chi connectivity index (χ3v) is 4.58. The molecule has 5 heteroatoms. The zero-order chi connectivity index (χ0) is 16.6. The summed E-state index contributed by atoms with van der Waals surface area (Å²) >= 11 is 0. The van der Waals surface area contributed by atoms with Crippen molar-refractivity contribution in [3.63, 3.8) is 0 Å². The zero-order valence-corrected chi connectivity index (χ0v) is 13.0. The van der Waals surface area contributed by atoms with E-state index in [-0.39, 0.29) is 11.7 Å². The molecule has 0 bridgehead atoms. The fourth-order valence-electron chi connectivity index (χ4n) is 3.22. The second-order valence-electron chi connectivity index (χ2n) is 5.79. The monoisotopic (exact) mass is 311 g/mol. The SMILES string of the molecule is CCC1(c2ccc(C)cc2)C(=O)OC1c1ccccc1[N+](=O)[O-]. The number of carbonyl (C=O) groups is 1. The standard InChI is InChI=1S/C18H17NO4/c1-3-18(13-10-8-12(2)9-11-13)16(23-17(18)20)14-6-4-5-7-15(14)19(21)22/h4-11,16H,3H2,1-2H3. The predicted octanol–water partition coefficient (Wildman–Crippen LogP) is 3.85. The number of nitro groups is 1. The number of nitrogens with zero attached hydrogens (tertiary/aromatic N) is 1. The topological polar surface area (TPSA) is 69.4 Å². The molecule has 1 aliphatic heterocycles. The average molecular weight is 311 g/mol. The smallest absolute Gasteiger partial charge is 0.321 e. The maximum atomic E-state index is 12.3. The van der Waals surface area contributed by atoms with Gasteiger partial charge in [-0.15, -0.1) is 0 Å². The molecule has 1 aliphatic rings. The Kier molecular flexibility index (Phi) is 3.64. The van der Waals surface area contributed by atoms with Crippen molar-refractivity contribution in [3.05, 3.63) is 75.3 Å². The van der Waals surface area contributed by atoms with E-state index in [4.69, 9.17) is 4.74 Å². The Bertz CT molecular complexity index is 769. The highest BCUT2D eigenvalue weighted by atomic mass is 16.6. The Balaban J connectivity index is 2.12. The van der Waals surface area contributed by atoms with E-state index in [9.17, 15) is 14.9 Å². The molecule has 0 spiro atoms. The van der Waals surface area contributed by atoms with E-state index < -0.39 is 16.4 Å². The van der Waals surface area contributed by atoms with Crippen LogP contribution in [0.3, 0.4) is 0 Å². The highest BCUT2D eigenvalue weighted by Crippen LogP contribution is 2.53. The summed E-state index contributed by atoms with van der Waals surface area (Å²) < 4.78 is 5.36. The van der Waals surface area contributed by atoms with E-state index in [1.165, 1.54) is 6.07 Å². The van der Waals surface area contributed by atoms with Crippen molar-refractivity contribution >= 4 is 11.7 Å². The zero-order valence-electron chi connectivity index (χ0n) is 13.0. The molecule has 2 atom stereocenters. The minimum atomic E-state index is -0.861. The van der Waals surface area contributed by atoms with Crippen LogP contribution < -0.4 is 0 Å². The first-order valence-corrected chi connectivity index (χ1v) is 7.52. The van der Waals surface area contributed by atoms with Crippen LogP contribution >= 0.6 is 0 Å². The highest BCUT2D eigenvalue weighted by Gasteiger charge is 2.60. The van der Waals surface area contributed by atoms with Crippen LogP contribution in [-0.2, 0) is 14.9 Å². The molecule has 0 aromatic heterocycles. The van der Waals surface area contributed by atoms with Crippen LogP contribution in [0.4, 0.5) is 5.69 Å². The first kappa shape index (κ1) is 15.2. The Morgan fingerprint density at radius 2 is 1.83 bits per heavy atom. The lowest BCUT2D eigenvalue weighted by Gasteiger charge is -2.46. The van der Waals surface area contributed by atoms with Crippen LogP contribution in [0.1, 0.15) is 36.1 Å². The first-order chi connectivity index (χ1) is 11.0. The number of cyclic esters (lactones) is 1. The summed E-state index contributed by atoms with van der Waals surface area (Å²) in [6.07, 6.45) is -0.115. The van der Waals surface area contributed by atoms with Gasteiger partial charge < -0.3 is 4.74 Å². The van der Waals surface area contributed by atoms with Crippen molar-refractivity contribution < 1.29 is 14.5 Å². The van der Waals surface area contributed by atoms with Gasteiger partial charge in [0.25, 0.3) is 5.69 Å². The van der Waals surface area contributed by atoms with Crippen molar-refractivity contribution in [2.75, 3.05) is 0 Å². The number of hydrogen-bond acceptors (Lipinski definition) is 4. The van der Waals surface area contributed by atoms with Crippen LogP contribution in [0.25, 0.3) is 0 Å². The maximum Gasteiger partial charge on any atom is 0.321 e. The minimum absolute atomic E-state index is 0.0186. The Morgan fingerprint density at radius 1 is 1.17 bits per heavy atom. The van der Waals surface area contributed by atoms with Crippen molar-refractivity contribution in [2.24, 2.45) is 0 Å². The summed E-state index contributed by atoms with van der Waals surface area (Å²) in [5.74, 6) is -0.327. The van der Waals surface area contributed by atoms with Gasteiger partial charge in [-0.1, -0.05) is 48.9 Å². The van der Waals surface area contributed by atoms with Crippen LogP contribution in [-0.4, -0.2) is 10.9 Å². The Morgan fingerprint density at radius 3 is 2.39 bits per heavy atom. The molecule has 0 aliphatic carbocycles. The van der Waals surface area contributed by atoms with Crippen molar-refractivity contribution in [1.82, 2.24) is 0 Å². The van der Waals surface area contributed by atoms with Gasteiger partial charge in [-0.3, -0.25) is 14.9 Å². The normalized spacial score (nSPS) is 23.0. The van der Waals surface area contributed by atoms with Crippen molar-refractivity contribution in [3.8, 4) is 0 Å². The molecule has 23 heavy (non-hydrogen) atoms. The van der Waals surface area contributed by atoms with Crippen LogP contribution in [0.5, 0.6) is 0 Å². The third kappa shape index (κ3) is 2.20. The lowest BCUT2D eigenvalue weighted by Crippen LogP contribution is -2.54. The van der Waals surface area contributed by atoms with Crippen molar-refractivity contribution in [1.29, 1.82) is 0 Å². The van der Waals surface area contributed by atoms with E-state index in [2.05, 4.69) is 0 Å². The number of para-hydroxylation sites is 1. The number of aryl methyl sites for hydroxylation is 1. The quantitative estimate of drug-likeness (QED) is 0.488. The fraction of sp³-hybridized carbons (Fsp3) is 0.278. The molecule has 1 saturated heterocycles. The summed E-state index contributed by atoms with van der Waals surface area (Å²) in [5.41, 5.74) is 1.49. The van der Waals surface area contributed by atoms with Crippen LogP contribution in [0.2, 0.25) is 0 Å². The first-order valence-electron chi connectivity index (χ1n) is 7.52. The molecular weight excluding hydrogens is 294 g/mol. The number of nitro benzene ring substituents is 1. The molecule has 2 unspecified atom stereocenters. The summed E-state index contributed by atoms with van der Waals surface area (Å²) in [7, 11) is 0. The highest BCUT2D eigenvalue weighted by molar-refractivity contribution is 5.90. The summed E-state index contributed by atoms with van der Waals surface area (Å²) in [6, 6.07) is 14.1. The lowest BCUT2D eigenvalue weighted by atomic mass is 9.67. The summed E-state index contributed by atoms with van der Waals surface area (Å²) in [4.78, 5) is 23.2. The third-order valence-electron chi connectivity index (χ3n) is 4.58. The van der Waals surface area contributed by atoms with Gasteiger partial charge in [0.2, 0.25) is 0 Å². The number of hydrogen-bond donors (Lipinski definition) is 0. The van der Waals surface area contributed by atoms with Gasteiger partial charge in [-0.2, -0.15) is 0 Å². The molecule has 0 amide bonds. The number of rotatable bonds is 4. The molecule has 0 N–H and O–H groups in total. The van der Waals surface area contributed by atoms with Gasteiger partial charge in [0.15, 0.2) is 6.10 Å². The van der Waals surface area contributed by atoms with Gasteiger partial charge in [0.05, 0.1) is 10.5 Å². The van der Waals surface area contributed by atoms with E-state index in [1.807, 2.05) is 38.1 Å². The lowest BCUT2D eigenvalue weighted by molar-refractivity contribution is -0.386. The molecule has 0 radical (unpaired) electrons. The Hall–Kier alpha value is -2.69. The number of ether oxygens (including phenoxy) is 1. The summed E-state index contributed by atoms with van der Waals surface area (Å²) in [5, 5.41) is 11.3. The van der Waals surface area contributed by atoms with Crippen molar-refractivity contribution in [2.45, 2.75) is 31.8 Å². The number of benzene rings is 2. The molecule has 3 rings (SSSR count). The second-order valence-corrected chi connectivity index (χ2v) is 5.79. The second kappa shape index (κ2) is 5.50. The van der Waals surface area contributed by atoms with Gasteiger partial charge in [0.1, 0.15) is 5.41 Å². The minimum Gasteiger partial charge on any atom is -0.455 e. The summed E-state index contributed by atoms with van der Waals surface area (Å²) in [6.45, 7) is 3.88. The predicted molar refractivity (Wildman–Crippen MR) is 85.1 cm³/mol. The maximum absolute atomic E-state index is 12.3. The number of esters is 1. The molecule has 118 valence electrons. The fourth-order valence-corrected chi connectivity index (χ4v) is 3.22. The largest absolute Gasteiger partial charge is 0.455 e. The van der Waals surface area contributed by atoms with E-state index >= 15 is 0 Å². The van der Waals surface area contributed by atoms with E-state index in [1.54, 1.807) is 18.2 Å². The van der Waals surface area contributed by atoms with Gasteiger partial charge in [-0.25, -0.2) is 0 Å². The Labute approximate surface area is 134 Å². The molecule has 2 aromatic carbocycles. The van der Waals surface area contributed by atoms with Gasteiger partial charge in [0, 0.05) is 6.07 Å². The molecular formula is C18H17NO4.